The van der Waals surface area contributed by atoms with E-state index in [1.54, 1.807) is 30.1 Å². The van der Waals surface area contributed by atoms with Crippen LogP contribution in [-0.4, -0.2) is 28.4 Å². The molecule has 0 bridgehead atoms. The van der Waals surface area contributed by atoms with Crippen LogP contribution in [0.4, 0.5) is 0 Å². The molecule has 0 atom stereocenters. The number of carbonyl (C=O) groups is 1. The van der Waals surface area contributed by atoms with E-state index < -0.39 is 0 Å². The van der Waals surface area contributed by atoms with Gasteiger partial charge in [0.25, 0.3) is 5.91 Å². The van der Waals surface area contributed by atoms with Crippen molar-refractivity contribution in [3.8, 4) is 0 Å². The lowest BCUT2D eigenvalue weighted by Gasteiger charge is -2.08. The maximum Gasteiger partial charge on any atom is 0.259 e. The number of nitrogens with zero attached hydrogens (tertiary/aromatic N) is 2. The maximum absolute atomic E-state index is 12.4. The van der Waals surface area contributed by atoms with Crippen LogP contribution >= 0.6 is 23.5 Å². The third-order valence-electron chi connectivity index (χ3n) is 2.78. The Kier molecular flexibility index (Phi) is 4.57. The highest BCUT2D eigenvalue weighted by Gasteiger charge is 2.16. The van der Waals surface area contributed by atoms with Gasteiger partial charge in [0.15, 0.2) is 5.17 Å². The third-order valence-corrected chi connectivity index (χ3v) is 4.70. The van der Waals surface area contributed by atoms with Crippen molar-refractivity contribution < 1.29 is 4.79 Å². The molecule has 21 heavy (non-hydrogen) atoms. The zero-order valence-corrected chi connectivity index (χ0v) is 12.8. The van der Waals surface area contributed by atoms with Crippen molar-refractivity contribution >= 4 is 34.6 Å². The van der Waals surface area contributed by atoms with Crippen molar-refractivity contribution in [2.24, 2.45) is 4.99 Å². The third kappa shape index (κ3) is 3.65. The summed E-state index contributed by atoms with van der Waals surface area (Å²) in [5.74, 6) is 0.767. The number of aromatic nitrogens is 1. The van der Waals surface area contributed by atoms with E-state index in [1.165, 1.54) is 11.8 Å². The zero-order chi connectivity index (χ0) is 14.5. The minimum atomic E-state index is -0.158. The molecule has 6 heteroatoms. The second-order valence-corrected chi connectivity index (χ2v) is 6.41. The Morgan fingerprint density at radius 2 is 2.05 bits per heavy atom. The summed E-state index contributed by atoms with van der Waals surface area (Å²) in [6.45, 7) is 0.763. The van der Waals surface area contributed by atoms with Crippen molar-refractivity contribution in [2.75, 3.05) is 12.3 Å². The molecule has 0 unspecified atom stereocenters. The quantitative estimate of drug-likeness (QED) is 0.946. The molecular weight excluding hydrogens is 302 g/mol. The molecule has 3 rings (SSSR count). The van der Waals surface area contributed by atoms with Gasteiger partial charge in [0.1, 0.15) is 5.03 Å². The van der Waals surface area contributed by atoms with Crippen molar-refractivity contribution in [1.29, 1.82) is 0 Å². The van der Waals surface area contributed by atoms with Crippen LogP contribution in [0, 0.1) is 0 Å². The lowest BCUT2D eigenvalue weighted by molar-refractivity contribution is 0.0974. The van der Waals surface area contributed by atoms with E-state index >= 15 is 0 Å². The van der Waals surface area contributed by atoms with Crippen molar-refractivity contribution in [3.63, 3.8) is 0 Å². The van der Waals surface area contributed by atoms with Crippen LogP contribution in [0.3, 0.4) is 0 Å². The van der Waals surface area contributed by atoms with Crippen LogP contribution in [-0.2, 0) is 0 Å². The Hall–Kier alpha value is -1.79. The van der Waals surface area contributed by atoms with Gasteiger partial charge in [-0.2, -0.15) is 0 Å². The molecule has 1 aromatic carbocycles. The monoisotopic (exact) mass is 315 g/mol. The number of amides is 1. The molecule has 1 aromatic heterocycles. The molecule has 0 saturated carbocycles. The first kappa shape index (κ1) is 14.2. The van der Waals surface area contributed by atoms with Gasteiger partial charge in [-0.25, -0.2) is 4.98 Å². The summed E-state index contributed by atoms with van der Waals surface area (Å²) in [5.41, 5.74) is 0.571. The molecule has 0 saturated heterocycles. The van der Waals surface area contributed by atoms with Crippen molar-refractivity contribution in [1.82, 2.24) is 10.3 Å². The standard InChI is InChI=1S/C15H13N3OS2/c19-13(18-15-17-9-10-20-15)12-7-4-8-16-14(12)21-11-5-2-1-3-6-11/h1-8H,9-10H2,(H,17,18,19). The number of rotatable bonds is 3. The van der Waals surface area contributed by atoms with Gasteiger partial charge in [-0.3, -0.25) is 9.79 Å². The zero-order valence-electron chi connectivity index (χ0n) is 11.2. The van der Waals surface area contributed by atoms with Crippen LogP contribution in [0.15, 0.2) is 63.6 Å². The van der Waals surface area contributed by atoms with E-state index in [9.17, 15) is 4.79 Å². The predicted octanol–water partition coefficient (Wildman–Crippen LogP) is 3.07. The lowest BCUT2D eigenvalue weighted by Crippen LogP contribution is -2.27. The average molecular weight is 315 g/mol. The molecule has 4 nitrogen and oxygen atoms in total. The topological polar surface area (TPSA) is 54.4 Å². The molecule has 0 radical (unpaired) electrons. The van der Waals surface area contributed by atoms with Gasteiger partial charge in [-0.15, -0.1) is 0 Å². The number of hydrogen-bond donors (Lipinski definition) is 1. The van der Waals surface area contributed by atoms with E-state index in [1.807, 2.05) is 30.3 Å². The molecule has 1 aliphatic heterocycles. The smallest absolute Gasteiger partial charge is 0.259 e. The van der Waals surface area contributed by atoms with Crippen LogP contribution in [0.25, 0.3) is 0 Å². The number of benzene rings is 1. The second-order valence-electron chi connectivity index (χ2n) is 4.26. The largest absolute Gasteiger partial charge is 0.301 e. The highest BCUT2D eigenvalue weighted by atomic mass is 32.2. The number of pyridine rings is 1. The molecule has 1 amide bonds. The highest BCUT2D eigenvalue weighted by molar-refractivity contribution is 8.14. The van der Waals surface area contributed by atoms with Gasteiger partial charge in [0.2, 0.25) is 0 Å². The van der Waals surface area contributed by atoms with Crippen LogP contribution in [0.2, 0.25) is 0 Å². The predicted molar refractivity (Wildman–Crippen MR) is 87.0 cm³/mol. The number of nitrogens with one attached hydrogen (secondary N) is 1. The summed E-state index contributed by atoms with van der Waals surface area (Å²) in [4.78, 5) is 22.0. The molecule has 106 valence electrons. The van der Waals surface area contributed by atoms with Crippen molar-refractivity contribution in [3.05, 3.63) is 54.2 Å². The first-order valence-corrected chi connectivity index (χ1v) is 8.29. The summed E-state index contributed by atoms with van der Waals surface area (Å²) in [7, 11) is 0. The van der Waals surface area contributed by atoms with Gasteiger partial charge < -0.3 is 5.32 Å². The summed E-state index contributed by atoms with van der Waals surface area (Å²) in [6.07, 6.45) is 1.70. The minimum Gasteiger partial charge on any atom is -0.301 e. The van der Waals surface area contributed by atoms with Gasteiger partial charge >= 0.3 is 0 Å². The number of hydrogen-bond acceptors (Lipinski definition) is 5. The molecule has 0 fully saturated rings. The summed E-state index contributed by atoms with van der Waals surface area (Å²) < 4.78 is 0. The van der Waals surface area contributed by atoms with E-state index in [2.05, 4.69) is 15.3 Å². The van der Waals surface area contributed by atoms with E-state index in [4.69, 9.17) is 0 Å². The fourth-order valence-electron chi connectivity index (χ4n) is 1.82. The Bertz CT molecular complexity index is 674. The molecular formula is C15H13N3OS2. The van der Waals surface area contributed by atoms with Gasteiger partial charge in [0, 0.05) is 16.8 Å². The number of thioether (sulfide) groups is 1. The number of aliphatic imine (C=N–C) groups is 1. The van der Waals surface area contributed by atoms with Crippen LogP contribution in [0.5, 0.6) is 0 Å². The second kappa shape index (κ2) is 6.78. The number of amidine groups is 1. The summed E-state index contributed by atoms with van der Waals surface area (Å²) in [5, 5.41) is 4.23. The Morgan fingerprint density at radius 1 is 1.19 bits per heavy atom. The van der Waals surface area contributed by atoms with Gasteiger partial charge in [-0.05, 0) is 24.3 Å². The van der Waals surface area contributed by atoms with Gasteiger partial charge in [0.05, 0.1) is 12.1 Å². The number of carbonyl (C=O) groups excluding carboxylic acids is 1. The maximum atomic E-state index is 12.4. The molecule has 2 heterocycles. The van der Waals surface area contributed by atoms with Gasteiger partial charge in [-0.1, -0.05) is 41.7 Å². The SMILES string of the molecule is O=C(NC1=NCCS1)c1cccnc1Sc1ccccc1. The summed E-state index contributed by atoms with van der Waals surface area (Å²) in [6, 6.07) is 13.5. The highest BCUT2D eigenvalue weighted by Crippen LogP contribution is 2.28. The average Bonchev–Trinajstić information content (AvgIpc) is 3.02. The van der Waals surface area contributed by atoms with E-state index in [0.29, 0.717) is 15.8 Å². The van der Waals surface area contributed by atoms with Crippen molar-refractivity contribution in [2.45, 2.75) is 9.92 Å². The molecule has 2 aromatic rings. The van der Waals surface area contributed by atoms with E-state index in [-0.39, 0.29) is 5.91 Å². The first-order valence-electron chi connectivity index (χ1n) is 6.49. The van der Waals surface area contributed by atoms with Crippen LogP contribution < -0.4 is 5.32 Å². The summed E-state index contributed by atoms with van der Waals surface area (Å²) >= 11 is 3.05. The molecule has 1 aliphatic rings. The lowest BCUT2D eigenvalue weighted by atomic mass is 10.3. The van der Waals surface area contributed by atoms with Crippen LogP contribution in [0.1, 0.15) is 10.4 Å². The fraction of sp³-hybridized carbons (Fsp3) is 0.133. The first-order chi connectivity index (χ1) is 10.3. The molecule has 0 spiro atoms. The molecule has 1 N–H and O–H groups in total. The Morgan fingerprint density at radius 3 is 2.81 bits per heavy atom. The van der Waals surface area contributed by atoms with E-state index in [0.717, 1.165) is 17.2 Å². The Balaban J connectivity index is 1.80. The fourth-order valence-corrected chi connectivity index (χ4v) is 3.44. The normalized spacial score (nSPS) is 13.8. The minimum absolute atomic E-state index is 0.158. The Labute approximate surface area is 131 Å². The molecule has 0 aliphatic carbocycles.